The molecule has 1 aliphatic carbocycles. The zero-order valence-corrected chi connectivity index (χ0v) is 18.6. The lowest BCUT2D eigenvalue weighted by atomic mass is 9.81. The van der Waals surface area contributed by atoms with Crippen molar-refractivity contribution in [1.82, 2.24) is 0 Å². The normalized spacial score (nSPS) is 28.4. The molecule has 2 aromatic carbocycles. The molecule has 1 aliphatic heterocycles. The Hall–Kier alpha value is -1.47. The van der Waals surface area contributed by atoms with E-state index in [1.807, 2.05) is 6.07 Å². The smallest absolute Gasteiger partial charge is 0.113 e. The largest absolute Gasteiger partial charge is 0.394 e. The van der Waals surface area contributed by atoms with Gasteiger partial charge in [-0.05, 0) is 71.9 Å². The van der Waals surface area contributed by atoms with E-state index in [0.717, 1.165) is 64.9 Å². The first-order valence-corrected chi connectivity index (χ1v) is 11.5. The van der Waals surface area contributed by atoms with Gasteiger partial charge in [0, 0.05) is 5.02 Å². The van der Waals surface area contributed by atoms with Crippen molar-refractivity contribution in [2.24, 2.45) is 0 Å². The summed E-state index contributed by atoms with van der Waals surface area (Å²) in [6.07, 6.45) is -0.410. The molecule has 4 rings (SSSR count). The van der Waals surface area contributed by atoms with Gasteiger partial charge in [0.15, 0.2) is 0 Å². The van der Waals surface area contributed by atoms with Crippen LogP contribution in [0, 0.1) is 0 Å². The maximum Gasteiger partial charge on any atom is 0.113 e. The number of benzene rings is 2. The van der Waals surface area contributed by atoms with Crippen LogP contribution in [0.1, 0.15) is 59.3 Å². The molecule has 0 spiro atoms. The summed E-state index contributed by atoms with van der Waals surface area (Å²) in [6, 6.07) is 10.5. The minimum absolute atomic E-state index is 0.437. The number of ether oxygens (including phenoxy) is 1. The van der Waals surface area contributed by atoms with Gasteiger partial charge in [0.25, 0.3) is 0 Å². The number of rotatable bonds is 5. The Labute approximate surface area is 188 Å². The maximum absolute atomic E-state index is 10.7. The third-order valence-corrected chi connectivity index (χ3v) is 7.19. The molecule has 2 aromatic rings. The van der Waals surface area contributed by atoms with Gasteiger partial charge in [-0.3, -0.25) is 0 Å². The van der Waals surface area contributed by atoms with Crippen LogP contribution in [0.4, 0.5) is 0 Å². The first kappa shape index (κ1) is 22.7. The molecule has 0 amide bonds. The van der Waals surface area contributed by atoms with E-state index in [9.17, 15) is 20.4 Å². The number of hydrogen-bond donors (Lipinski definition) is 4. The molecule has 1 saturated heterocycles. The highest BCUT2D eigenvalue weighted by molar-refractivity contribution is 6.32. The van der Waals surface area contributed by atoms with Crippen molar-refractivity contribution in [1.29, 1.82) is 0 Å². The molecule has 1 heterocycles. The van der Waals surface area contributed by atoms with E-state index in [-0.39, 0.29) is 0 Å². The molecular weight excluding hydrogens is 416 g/mol. The quantitative estimate of drug-likeness (QED) is 0.567. The average molecular weight is 447 g/mol. The van der Waals surface area contributed by atoms with Crippen LogP contribution >= 0.6 is 11.6 Å². The molecule has 0 aromatic heterocycles. The molecule has 0 saturated carbocycles. The van der Waals surface area contributed by atoms with E-state index in [2.05, 4.69) is 31.2 Å². The topological polar surface area (TPSA) is 90.2 Å². The van der Waals surface area contributed by atoms with Gasteiger partial charge in [0.1, 0.15) is 30.5 Å². The number of aliphatic hydroxyl groups is 4. The lowest BCUT2D eigenvalue weighted by molar-refractivity contribution is -0.231. The molecule has 0 unspecified atom stereocenters. The third-order valence-electron chi connectivity index (χ3n) is 6.72. The summed E-state index contributed by atoms with van der Waals surface area (Å²) in [4.78, 5) is 0. The summed E-state index contributed by atoms with van der Waals surface area (Å²) >= 11 is 6.86. The first-order valence-electron chi connectivity index (χ1n) is 11.2. The van der Waals surface area contributed by atoms with Crippen LogP contribution in [0.25, 0.3) is 0 Å². The molecular formula is C25H31ClO5. The lowest BCUT2D eigenvalue weighted by Gasteiger charge is -2.41. The summed E-state index contributed by atoms with van der Waals surface area (Å²) < 4.78 is 5.90. The van der Waals surface area contributed by atoms with E-state index < -0.39 is 37.1 Å². The fourth-order valence-corrected chi connectivity index (χ4v) is 5.18. The standard InChI is InChI=1S/C25H31ClO5/c1-2-14-7-9-15(10-8-14)11-16-12-19(17-5-3-4-6-18(17)21(16)26)25-24(30)23(29)22(28)20(13-27)31-25/h7-10,12,20,22-25,27-30H,2-6,11,13H2,1H3/t20-,22-,23+,24-,25+/m1/s1. The Kier molecular flexibility index (Phi) is 7.01. The van der Waals surface area contributed by atoms with Crippen molar-refractivity contribution >= 4 is 11.6 Å². The third kappa shape index (κ3) is 4.40. The lowest BCUT2D eigenvalue weighted by Crippen LogP contribution is -2.55. The number of fused-ring (bicyclic) bond motifs is 1. The Bertz CT molecular complexity index is 911. The Morgan fingerprint density at radius 3 is 2.23 bits per heavy atom. The van der Waals surface area contributed by atoms with Crippen LogP contribution in [-0.4, -0.2) is 51.4 Å². The number of halogens is 1. The number of aryl methyl sites for hydroxylation is 1. The van der Waals surface area contributed by atoms with Gasteiger partial charge in [-0.2, -0.15) is 0 Å². The van der Waals surface area contributed by atoms with E-state index >= 15 is 0 Å². The van der Waals surface area contributed by atoms with Gasteiger partial charge in [0.05, 0.1) is 6.61 Å². The Balaban J connectivity index is 1.75. The fourth-order valence-electron chi connectivity index (χ4n) is 4.85. The minimum atomic E-state index is -1.39. The van der Waals surface area contributed by atoms with Crippen molar-refractivity contribution in [2.45, 2.75) is 76.0 Å². The van der Waals surface area contributed by atoms with Gasteiger partial charge in [-0.1, -0.05) is 48.9 Å². The van der Waals surface area contributed by atoms with Crippen LogP contribution in [0.2, 0.25) is 5.02 Å². The second kappa shape index (κ2) is 9.57. The number of hydrogen-bond acceptors (Lipinski definition) is 5. The van der Waals surface area contributed by atoms with Crippen LogP contribution < -0.4 is 0 Å². The van der Waals surface area contributed by atoms with E-state index in [1.54, 1.807) is 0 Å². The van der Waals surface area contributed by atoms with Crippen LogP contribution in [-0.2, 0) is 30.4 Å². The average Bonchev–Trinajstić information content (AvgIpc) is 2.80. The fraction of sp³-hybridized carbons (Fsp3) is 0.520. The van der Waals surface area contributed by atoms with Gasteiger partial charge in [-0.25, -0.2) is 0 Å². The predicted octanol–water partition coefficient (Wildman–Crippen LogP) is 2.89. The van der Waals surface area contributed by atoms with Crippen LogP contribution in [0.5, 0.6) is 0 Å². The van der Waals surface area contributed by atoms with Crippen molar-refractivity contribution in [3.8, 4) is 0 Å². The van der Waals surface area contributed by atoms with Crippen molar-refractivity contribution in [2.75, 3.05) is 6.61 Å². The maximum atomic E-state index is 10.7. The summed E-state index contributed by atoms with van der Waals surface area (Å²) in [5.74, 6) is 0. The minimum Gasteiger partial charge on any atom is -0.394 e. The molecule has 2 aliphatic rings. The highest BCUT2D eigenvalue weighted by Crippen LogP contribution is 2.41. The Morgan fingerprint density at radius 1 is 0.935 bits per heavy atom. The van der Waals surface area contributed by atoms with Crippen LogP contribution in [0.3, 0.4) is 0 Å². The van der Waals surface area contributed by atoms with Crippen molar-refractivity contribution in [3.63, 3.8) is 0 Å². The zero-order valence-electron chi connectivity index (χ0n) is 17.8. The first-order chi connectivity index (χ1) is 14.9. The molecule has 0 radical (unpaired) electrons. The van der Waals surface area contributed by atoms with Crippen molar-refractivity contribution < 1.29 is 25.2 Å². The molecule has 5 atom stereocenters. The molecule has 1 fully saturated rings. The van der Waals surface area contributed by atoms with Gasteiger partial charge in [0.2, 0.25) is 0 Å². The van der Waals surface area contributed by atoms with Gasteiger partial charge >= 0.3 is 0 Å². The van der Waals surface area contributed by atoms with Crippen LogP contribution in [0.15, 0.2) is 30.3 Å². The summed E-state index contributed by atoms with van der Waals surface area (Å²) in [5.41, 5.74) is 6.33. The Morgan fingerprint density at radius 2 is 1.58 bits per heavy atom. The molecule has 168 valence electrons. The monoisotopic (exact) mass is 446 g/mol. The molecule has 6 heteroatoms. The van der Waals surface area contributed by atoms with E-state index in [0.29, 0.717) is 6.42 Å². The summed E-state index contributed by atoms with van der Waals surface area (Å²) in [5, 5.41) is 41.6. The van der Waals surface area contributed by atoms with Gasteiger partial charge < -0.3 is 25.2 Å². The summed E-state index contributed by atoms with van der Waals surface area (Å²) in [7, 11) is 0. The number of aliphatic hydroxyl groups excluding tert-OH is 4. The molecule has 31 heavy (non-hydrogen) atoms. The van der Waals surface area contributed by atoms with Gasteiger partial charge in [-0.15, -0.1) is 0 Å². The highest BCUT2D eigenvalue weighted by Gasteiger charge is 2.45. The van der Waals surface area contributed by atoms with Crippen molar-refractivity contribution in [3.05, 3.63) is 68.7 Å². The second-order valence-corrected chi connectivity index (χ2v) is 9.08. The predicted molar refractivity (Wildman–Crippen MR) is 119 cm³/mol. The molecule has 4 N–H and O–H groups in total. The molecule has 0 bridgehead atoms. The zero-order chi connectivity index (χ0) is 22.1. The second-order valence-electron chi connectivity index (χ2n) is 8.70. The highest BCUT2D eigenvalue weighted by atomic mass is 35.5. The summed E-state index contributed by atoms with van der Waals surface area (Å²) in [6.45, 7) is 1.69. The van der Waals surface area contributed by atoms with E-state index in [1.165, 1.54) is 5.56 Å². The SMILES string of the molecule is CCc1ccc(Cc2cc([C@@H]3O[C@H](CO)[C@@H](O)[C@H](O)[C@H]3O)c3c(c2Cl)CCCC3)cc1. The molecule has 5 nitrogen and oxygen atoms in total. The van der Waals surface area contributed by atoms with E-state index in [4.69, 9.17) is 16.3 Å².